The van der Waals surface area contributed by atoms with Crippen LogP contribution in [0.15, 0.2) is 29.1 Å². The Balaban J connectivity index is 2.13. The Morgan fingerprint density at radius 1 is 1.56 bits per heavy atom. The zero-order chi connectivity index (χ0) is 11.5. The molecule has 2 rings (SSSR count). The number of hydrogen-bond acceptors (Lipinski definition) is 3. The second-order valence-corrected chi connectivity index (χ2v) is 3.78. The quantitative estimate of drug-likeness (QED) is 0.858. The lowest BCUT2D eigenvalue weighted by molar-refractivity contribution is 0.172. The summed E-state index contributed by atoms with van der Waals surface area (Å²) in [6.07, 6.45) is 5.24. The normalized spacial score (nSPS) is 12.9. The van der Waals surface area contributed by atoms with Gasteiger partial charge in [0.2, 0.25) is 0 Å². The number of hydrogen-bond donors (Lipinski definition) is 1. The number of imidazole rings is 1. The number of aliphatic hydroxyl groups is 1. The lowest BCUT2D eigenvalue weighted by atomic mass is 10.1. The van der Waals surface area contributed by atoms with Gasteiger partial charge in [-0.25, -0.2) is 4.98 Å². The van der Waals surface area contributed by atoms with Gasteiger partial charge in [0.05, 0.1) is 12.4 Å². The highest BCUT2D eigenvalue weighted by Crippen LogP contribution is 2.21. The van der Waals surface area contributed by atoms with Crippen LogP contribution in [-0.2, 0) is 13.0 Å². The first-order valence-corrected chi connectivity index (χ1v) is 5.44. The van der Waals surface area contributed by atoms with Gasteiger partial charge in [0.15, 0.2) is 0 Å². The average molecular weight is 220 g/mol. The summed E-state index contributed by atoms with van der Waals surface area (Å²) in [5.74, 6) is 1.66. The van der Waals surface area contributed by atoms with Crippen LogP contribution in [0.2, 0.25) is 0 Å². The van der Waals surface area contributed by atoms with Gasteiger partial charge < -0.3 is 14.1 Å². The van der Waals surface area contributed by atoms with Crippen LogP contribution in [0.4, 0.5) is 0 Å². The molecule has 0 aliphatic carbocycles. The summed E-state index contributed by atoms with van der Waals surface area (Å²) < 4.78 is 7.20. The molecule has 4 nitrogen and oxygen atoms in total. The van der Waals surface area contributed by atoms with Gasteiger partial charge >= 0.3 is 0 Å². The molecule has 0 aliphatic rings. The molecule has 0 aromatic carbocycles. The van der Waals surface area contributed by atoms with Crippen molar-refractivity contribution in [3.05, 3.63) is 41.9 Å². The molecule has 1 N–H and O–H groups in total. The Morgan fingerprint density at radius 2 is 2.38 bits per heavy atom. The lowest BCUT2D eigenvalue weighted by Gasteiger charge is -2.10. The molecule has 0 saturated carbocycles. The SMILES string of the molecule is CCn1ccnc1CC(O)c1ccoc1C. The van der Waals surface area contributed by atoms with Crippen LogP contribution in [0.25, 0.3) is 0 Å². The number of aliphatic hydroxyl groups excluding tert-OH is 1. The minimum Gasteiger partial charge on any atom is -0.469 e. The zero-order valence-corrected chi connectivity index (χ0v) is 9.55. The summed E-state index contributed by atoms with van der Waals surface area (Å²) in [6.45, 7) is 4.78. The van der Waals surface area contributed by atoms with E-state index in [1.54, 1.807) is 18.5 Å². The molecule has 2 heterocycles. The van der Waals surface area contributed by atoms with Crippen molar-refractivity contribution < 1.29 is 9.52 Å². The number of rotatable bonds is 4. The third-order valence-electron chi connectivity index (χ3n) is 2.78. The predicted molar refractivity (Wildman–Crippen MR) is 60.0 cm³/mol. The number of nitrogens with zero attached hydrogens (tertiary/aromatic N) is 2. The number of aryl methyl sites for hydroxylation is 2. The topological polar surface area (TPSA) is 51.2 Å². The van der Waals surface area contributed by atoms with Crippen molar-refractivity contribution in [2.45, 2.75) is 32.9 Å². The Hall–Kier alpha value is -1.55. The van der Waals surface area contributed by atoms with E-state index in [1.165, 1.54) is 0 Å². The molecule has 1 atom stereocenters. The van der Waals surface area contributed by atoms with Crippen molar-refractivity contribution in [3.8, 4) is 0 Å². The molecule has 0 spiro atoms. The summed E-state index contributed by atoms with van der Waals surface area (Å²) >= 11 is 0. The maximum absolute atomic E-state index is 10.1. The minimum atomic E-state index is -0.550. The average Bonchev–Trinajstić information content (AvgIpc) is 2.86. The van der Waals surface area contributed by atoms with Crippen molar-refractivity contribution in [1.29, 1.82) is 0 Å². The molecule has 0 aliphatic heterocycles. The summed E-state index contributed by atoms with van der Waals surface area (Å²) in [6, 6.07) is 1.80. The first-order chi connectivity index (χ1) is 7.72. The molecule has 86 valence electrons. The molecule has 0 amide bonds. The van der Waals surface area contributed by atoms with Crippen LogP contribution < -0.4 is 0 Å². The molecular weight excluding hydrogens is 204 g/mol. The van der Waals surface area contributed by atoms with E-state index in [1.807, 2.05) is 17.7 Å². The highest BCUT2D eigenvalue weighted by molar-refractivity contribution is 5.19. The Labute approximate surface area is 94.5 Å². The van der Waals surface area contributed by atoms with E-state index in [9.17, 15) is 5.11 Å². The van der Waals surface area contributed by atoms with E-state index in [0.29, 0.717) is 6.42 Å². The first-order valence-electron chi connectivity index (χ1n) is 5.44. The highest BCUT2D eigenvalue weighted by Gasteiger charge is 2.15. The molecule has 1 unspecified atom stereocenters. The third kappa shape index (κ3) is 2.02. The van der Waals surface area contributed by atoms with E-state index in [-0.39, 0.29) is 0 Å². The molecule has 0 bridgehead atoms. The van der Waals surface area contributed by atoms with Gasteiger partial charge in [-0.3, -0.25) is 0 Å². The second kappa shape index (κ2) is 4.53. The van der Waals surface area contributed by atoms with Crippen molar-refractivity contribution in [1.82, 2.24) is 9.55 Å². The minimum absolute atomic E-state index is 0.515. The van der Waals surface area contributed by atoms with Crippen molar-refractivity contribution in [3.63, 3.8) is 0 Å². The zero-order valence-electron chi connectivity index (χ0n) is 9.55. The number of furan rings is 1. The Morgan fingerprint density at radius 3 is 3.00 bits per heavy atom. The van der Waals surface area contributed by atoms with Crippen LogP contribution in [0.1, 0.15) is 30.2 Å². The van der Waals surface area contributed by atoms with Crippen LogP contribution >= 0.6 is 0 Å². The molecule has 2 aromatic rings. The van der Waals surface area contributed by atoms with Gasteiger partial charge in [-0.05, 0) is 19.9 Å². The van der Waals surface area contributed by atoms with E-state index >= 15 is 0 Å². The molecule has 16 heavy (non-hydrogen) atoms. The van der Waals surface area contributed by atoms with Crippen LogP contribution in [0, 0.1) is 6.92 Å². The molecular formula is C12H16N2O2. The first kappa shape index (κ1) is 11.0. The predicted octanol–water partition coefficient (Wildman–Crippen LogP) is 2.08. The van der Waals surface area contributed by atoms with E-state index in [2.05, 4.69) is 11.9 Å². The third-order valence-corrected chi connectivity index (χ3v) is 2.78. The van der Waals surface area contributed by atoms with Gasteiger partial charge in [-0.2, -0.15) is 0 Å². The van der Waals surface area contributed by atoms with Crippen molar-refractivity contribution in [2.75, 3.05) is 0 Å². The van der Waals surface area contributed by atoms with E-state index in [4.69, 9.17) is 4.42 Å². The largest absolute Gasteiger partial charge is 0.469 e. The van der Waals surface area contributed by atoms with Gasteiger partial charge in [0.25, 0.3) is 0 Å². The Bertz CT molecular complexity index is 459. The summed E-state index contributed by atoms with van der Waals surface area (Å²) in [7, 11) is 0. The fraction of sp³-hybridized carbons (Fsp3) is 0.417. The smallest absolute Gasteiger partial charge is 0.111 e. The number of aromatic nitrogens is 2. The fourth-order valence-corrected chi connectivity index (χ4v) is 1.84. The summed E-state index contributed by atoms with van der Waals surface area (Å²) in [4.78, 5) is 4.24. The molecule has 0 saturated heterocycles. The van der Waals surface area contributed by atoms with Crippen LogP contribution in [0.3, 0.4) is 0 Å². The second-order valence-electron chi connectivity index (χ2n) is 3.78. The van der Waals surface area contributed by atoms with Gasteiger partial charge in [0, 0.05) is 30.9 Å². The molecule has 0 radical (unpaired) electrons. The standard InChI is InChI=1S/C12H16N2O2/c1-3-14-6-5-13-12(14)8-11(15)10-4-7-16-9(10)2/h4-7,11,15H,3,8H2,1-2H3. The molecule has 0 fully saturated rings. The van der Waals surface area contributed by atoms with Crippen molar-refractivity contribution >= 4 is 0 Å². The van der Waals surface area contributed by atoms with E-state index < -0.39 is 6.10 Å². The van der Waals surface area contributed by atoms with Gasteiger partial charge in [0.1, 0.15) is 11.6 Å². The molecule has 4 heteroatoms. The summed E-state index contributed by atoms with van der Waals surface area (Å²) in [5, 5.41) is 10.1. The van der Waals surface area contributed by atoms with E-state index in [0.717, 1.165) is 23.7 Å². The van der Waals surface area contributed by atoms with Crippen LogP contribution in [-0.4, -0.2) is 14.7 Å². The monoisotopic (exact) mass is 220 g/mol. The molecule has 2 aromatic heterocycles. The van der Waals surface area contributed by atoms with Gasteiger partial charge in [-0.15, -0.1) is 0 Å². The highest BCUT2D eigenvalue weighted by atomic mass is 16.3. The van der Waals surface area contributed by atoms with Gasteiger partial charge in [-0.1, -0.05) is 0 Å². The summed E-state index contributed by atoms with van der Waals surface area (Å²) in [5.41, 5.74) is 0.839. The maximum atomic E-state index is 10.1. The van der Waals surface area contributed by atoms with Crippen molar-refractivity contribution in [2.24, 2.45) is 0 Å². The lowest BCUT2D eigenvalue weighted by Crippen LogP contribution is -2.08. The maximum Gasteiger partial charge on any atom is 0.111 e. The fourth-order valence-electron chi connectivity index (χ4n) is 1.84. The Kier molecular flexibility index (Phi) is 3.10. The van der Waals surface area contributed by atoms with Crippen LogP contribution in [0.5, 0.6) is 0 Å².